The molecular formula is C14H18ClN3O3. The number of carbonyl (C=O) groups is 2. The fourth-order valence-electron chi connectivity index (χ4n) is 2.10. The van der Waals surface area contributed by atoms with Crippen LogP contribution in [0, 0.1) is 0 Å². The molecule has 6 nitrogen and oxygen atoms in total. The van der Waals surface area contributed by atoms with Crippen molar-refractivity contribution in [1.82, 2.24) is 10.6 Å². The minimum Gasteiger partial charge on any atom is -0.378 e. The van der Waals surface area contributed by atoms with Crippen molar-refractivity contribution in [3.63, 3.8) is 0 Å². The van der Waals surface area contributed by atoms with Crippen molar-refractivity contribution >= 4 is 29.1 Å². The lowest BCUT2D eigenvalue weighted by molar-refractivity contribution is -0.117. The van der Waals surface area contributed by atoms with Gasteiger partial charge in [-0.2, -0.15) is 0 Å². The molecule has 7 heteroatoms. The summed E-state index contributed by atoms with van der Waals surface area (Å²) in [6, 6.07) is 4.83. The lowest BCUT2D eigenvalue weighted by atomic mass is 10.1. The second-order valence-corrected chi connectivity index (χ2v) is 5.16. The second-order valence-electron chi connectivity index (χ2n) is 4.75. The Hall–Kier alpha value is -1.63. The van der Waals surface area contributed by atoms with Gasteiger partial charge in [0.05, 0.1) is 23.8 Å². The summed E-state index contributed by atoms with van der Waals surface area (Å²) in [6.07, 6.45) is 0.328. The van der Waals surface area contributed by atoms with E-state index in [0.29, 0.717) is 35.9 Å². The average Bonchev–Trinajstić information content (AvgIpc) is 2.47. The lowest BCUT2D eigenvalue weighted by Crippen LogP contribution is -2.43. The van der Waals surface area contributed by atoms with E-state index in [1.165, 1.54) is 7.05 Å². The minimum atomic E-state index is -0.263. The van der Waals surface area contributed by atoms with Crippen LogP contribution in [0.3, 0.4) is 0 Å². The largest absolute Gasteiger partial charge is 0.378 e. The van der Waals surface area contributed by atoms with Gasteiger partial charge in [-0.15, -0.1) is 0 Å². The highest BCUT2D eigenvalue weighted by atomic mass is 35.5. The van der Waals surface area contributed by atoms with Gasteiger partial charge in [-0.1, -0.05) is 11.6 Å². The predicted octanol–water partition coefficient (Wildman–Crippen LogP) is 1.02. The van der Waals surface area contributed by atoms with E-state index >= 15 is 0 Å². The molecule has 1 saturated heterocycles. The van der Waals surface area contributed by atoms with Gasteiger partial charge >= 0.3 is 0 Å². The normalized spacial score (nSPS) is 18.1. The van der Waals surface area contributed by atoms with E-state index in [4.69, 9.17) is 16.3 Å². The van der Waals surface area contributed by atoms with Gasteiger partial charge in [0.15, 0.2) is 0 Å². The molecule has 1 aromatic rings. The van der Waals surface area contributed by atoms with E-state index < -0.39 is 0 Å². The molecule has 0 aliphatic carbocycles. The van der Waals surface area contributed by atoms with Crippen molar-refractivity contribution in [1.29, 1.82) is 0 Å². The van der Waals surface area contributed by atoms with Gasteiger partial charge in [-0.25, -0.2) is 0 Å². The maximum Gasteiger partial charge on any atom is 0.252 e. The molecule has 1 atom stereocenters. The molecule has 114 valence electrons. The molecule has 1 fully saturated rings. The first-order chi connectivity index (χ1) is 10.1. The lowest BCUT2D eigenvalue weighted by Gasteiger charge is -2.23. The van der Waals surface area contributed by atoms with E-state index in [0.717, 1.165) is 6.54 Å². The molecule has 0 spiro atoms. The molecule has 3 N–H and O–H groups in total. The topological polar surface area (TPSA) is 79.5 Å². The van der Waals surface area contributed by atoms with Crippen molar-refractivity contribution < 1.29 is 14.3 Å². The molecule has 1 aliphatic heterocycles. The van der Waals surface area contributed by atoms with Crippen LogP contribution >= 0.6 is 11.6 Å². The van der Waals surface area contributed by atoms with E-state index in [-0.39, 0.29) is 17.9 Å². The van der Waals surface area contributed by atoms with Crippen LogP contribution in [0.2, 0.25) is 5.02 Å². The summed E-state index contributed by atoms with van der Waals surface area (Å²) < 4.78 is 5.30. The number of nitrogens with one attached hydrogen (secondary N) is 3. The van der Waals surface area contributed by atoms with Crippen molar-refractivity contribution in [3.05, 3.63) is 28.8 Å². The van der Waals surface area contributed by atoms with Crippen LogP contribution in [-0.2, 0) is 9.53 Å². The number of ether oxygens (including phenoxy) is 1. The quantitative estimate of drug-likeness (QED) is 0.775. The van der Waals surface area contributed by atoms with Crippen molar-refractivity contribution in [2.45, 2.75) is 12.5 Å². The summed E-state index contributed by atoms with van der Waals surface area (Å²) in [6.45, 7) is 1.96. The molecule has 0 aromatic heterocycles. The van der Waals surface area contributed by atoms with Crippen LogP contribution in [0.5, 0.6) is 0 Å². The van der Waals surface area contributed by atoms with Crippen LogP contribution in [-0.4, -0.2) is 44.7 Å². The number of carbonyl (C=O) groups excluding carboxylic acids is 2. The molecule has 21 heavy (non-hydrogen) atoms. The Kier molecular flexibility index (Phi) is 5.55. The third-order valence-corrected chi connectivity index (χ3v) is 3.47. The monoisotopic (exact) mass is 311 g/mol. The molecule has 1 unspecified atom stereocenters. The Labute approximate surface area is 128 Å². The van der Waals surface area contributed by atoms with Gasteiger partial charge in [0.25, 0.3) is 5.91 Å². The zero-order valence-electron chi connectivity index (χ0n) is 11.7. The summed E-state index contributed by atoms with van der Waals surface area (Å²) in [7, 11) is 1.54. The second kappa shape index (κ2) is 7.40. The number of morpholine rings is 1. The van der Waals surface area contributed by atoms with Crippen molar-refractivity contribution in [2.75, 3.05) is 32.1 Å². The summed E-state index contributed by atoms with van der Waals surface area (Å²) in [5.41, 5.74) is 0.939. The van der Waals surface area contributed by atoms with Crippen molar-refractivity contribution in [3.8, 4) is 0 Å². The minimum absolute atomic E-state index is 0.0272. The zero-order chi connectivity index (χ0) is 15.2. The van der Waals surface area contributed by atoms with E-state index in [1.54, 1.807) is 18.2 Å². The highest BCUT2D eigenvalue weighted by Crippen LogP contribution is 2.21. The summed E-state index contributed by atoms with van der Waals surface area (Å²) in [5.74, 6) is -0.386. The van der Waals surface area contributed by atoms with Gasteiger partial charge in [0, 0.05) is 31.7 Å². The molecule has 0 bridgehead atoms. The highest BCUT2D eigenvalue weighted by molar-refractivity contribution is 6.34. The molecule has 2 rings (SSSR count). The molecule has 0 radical (unpaired) electrons. The first kappa shape index (κ1) is 15.8. The zero-order valence-corrected chi connectivity index (χ0v) is 12.5. The maximum atomic E-state index is 11.9. The van der Waals surface area contributed by atoms with Gasteiger partial charge < -0.3 is 20.7 Å². The van der Waals surface area contributed by atoms with Crippen LogP contribution < -0.4 is 16.0 Å². The molecule has 1 heterocycles. The Bertz CT molecular complexity index is 530. The standard InChI is InChI=1S/C14H18ClN3O3/c1-16-14(20)11-3-2-9(6-12(11)15)18-13(19)7-10-8-21-5-4-17-10/h2-3,6,10,17H,4-5,7-8H2,1H3,(H,16,20)(H,18,19). The predicted molar refractivity (Wildman–Crippen MR) is 80.7 cm³/mol. The van der Waals surface area contributed by atoms with Crippen molar-refractivity contribution in [2.24, 2.45) is 0 Å². The van der Waals surface area contributed by atoms with E-state index in [9.17, 15) is 9.59 Å². The molecule has 1 aliphatic rings. The third kappa shape index (κ3) is 4.42. The molecule has 2 amide bonds. The number of amides is 2. The van der Waals surface area contributed by atoms with E-state index in [2.05, 4.69) is 16.0 Å². The highest BCUT2D eigenvalue weighted by Gasteiger charge is 2.17. The Morgan fingerprint density at radius 2 is 2.29 bits per heavy atom. The molecule has 1 aromatic carbocycles. The van der Waals surface area contributed by atoms with Gasteiger partial charge in [-0.05, 0) is 18.2 Å². The summed E-state index contributed by atoms with van der Waals surface area (Å²) in [4.78, 5) is 23.5. The number of halogens is 1. The number of anilines is 1. The molecular weight excluding hydrogens is 294 g/mol. The van der Waals surface area contributed by atoms with E-state index in [1.807, 2.05) is 0 Å². The fraction of sp³-hybridized carbons (Fsp3) is 0.429. The summed E-state index contributed by atoms with van der Waals surface area (Å²) >= 11 is 6.03. The number of hydrogen-bond acceptors (Lipinski definition) is 4. The average molecular weight is 312 g/mol. The number of rotatable bonds is 4. The Morgan fingerprint density at radius 1 is 1.48 bits per heavy atom. The van der Waals surface area contributed by atoms with Crippen LogP contribution in [0.1, 0.15) is 16.8 Å². The maximum absolute atomic E-state index is 11.9. The van der Waals surface area contributed by atoms with Crippen LogP contribution in [0.4, 0.5) is 5.69 Å². The number of benzene rings is 1. The molecule has 0 saturated carbocycles. The van der Waals surface area contributed by atoms with Gasteiger partial charge in [-0.3, -0.25) is 9.59 Å². The van der Waals surface area contributed by atoms with Gasteiger partial charge in [0.1, 0.15) is 0 Å². The van der Waals surface area contributed by atoms with Crippen LogP contribution in [0.25, 0.3) is 0 Å². The van der Waals surface area contributed by atoms with Gasteiger partial charge in [0.2, 0.25) is 5.91 Å². The summed E-state index contributed by atoms with van der Waals surface area (Å²) in [5, 5.41) is 8.78. The SMILES string of the molecule is CNC(=O)c1ccc(NC(=O)CC2COCCN2)cc1Cl. The smallest absolute Gasteiger partial charge is 0.252 e. The first-order valence-electron chi connectivity index (χ1n) is 6.72. The Morgan fingerprint density at radius 3 is 2.90 bits per heavy atom. The fourth-order valence-corrected chi connectivity index (χ4v) is 2.36. The third-order valence-electron chi connectivity index (χ3n) is 3.15. The van der Waals surface area contributed by atoms with Crippen LogP contribution in [0.15, 0.2) is 18.2 Å². The first-order valence-corrected chi connectivity index (χ1v) is 7.10. The number of hydrogen-bond donors (Lipinski definition) is 3. The Balaban J connectivity index is 1.94.